The monoisotopic (exact) mass is 494 g/mol. The third-order valence-corrected chi connectivity index (χ3v) is 6.33. The number of carbonyl (C=O) groups excluding carboxylic acids is 3. The standard InChI is InChI=1S/C28H38N4O4/c1-4-25(33)32(22-13-9-6-10-14-22)23-15-17-31(18-16-23)26(34)24(30-27(35)28(2,3)29)20-36-19-21-11-7-5-8-12-21/h5-14,23-24H,4,15-20,29H2,1-3H3,(H,30,35). The lowest BCUT2D eigenvalue weighted by Gasteiger charge is -2.39. The second-order valence-corrected chi connectivity index (χ2v) is 9.76. The van der Waals surface area contributed by atoms with Crippen molar-refractivity contribution in [3.8, 4) is 0 Å². The number of nitrogens with two attached hydrogens (primary N) is 1. The van der Waals surface area contributed by atoms with Crippen LogP contribution in [0.25, 0.3) is 0 Å². The molecular formula is C28H38N4O4. The van der Waals surface area contributed by atoms with Crippen molar-refractivity contribution < 1.29 is 19.1 Å². The van der Waals surface area contributed by atoms with Gasteiger partial charge in [-0.25, -0.2) is 0 Å². The zero-order chi connectivity index (χ0) is 26.1. The van der Waals surface area contributed by atoms with Crippen molar-refractivity contribution in [3.63, 3.8) is 0 Å². The van der Waals surface area contributed by atoms with Crippen molar-refractivity contribution in [1.82, 2.24) is 10.2 Å². The molecule has 3 N–H and O–H groups in total. The molecule has 8 nitrogen and oxygen atoms in total. The largest absolute Gasteiger partial charge is 0.374 e. The summed E-state index contributed by atoms with van der Waals surface area (Å²) in [5.41, 5.74) is 6.69. The molecule has 1 aliphatic rings. The molecule has 1 heterocycles. The molecule has 2 aromatic carbocycles. The van der Waals surface area contributed by atoms with E-state index < -0.39 is 17.5 Å². The number of nitrogens with one attached hydrogen (secondary N) is 1. The fourth-order valence-electron chi connectivity index (χ4n) is 4.27. The topological polar surface area (TPSA) is 105 Å². The van der Waals surface area contributed by atoms with Gasteiger partial charge in [0.2, 0.25) is 17.7 Å². The van der Waals surface area contributed by atoms with E-state index in [0.29, 0.717) is 39.0 Å². The van der Waals surface area contributed by atoms with Crippen LogP contribution >= 0.6 is 0 Å². The number of benzene rings is 2. The number of hydrogen-bond acceptors (Lipinski definition) is 5. The summed E-state index contributed by atoms with van der Waals surface area (Å²) in [5, 5.41) is 2.78. The molecule has 3 amide bonds. The Hall–Kier alpha value is -3.23. The number of anilines is 1. The molecule has 0 spiro atoms. The van der Waals surface area contributed by atoms with Gasteiger partial charge in [-0.3, -0.25) is 14.4 Å². The molecule has 3 rings (SSSR count). The maximum Gasteiger partial charge on any atom is 0.247 e. The summed E-state index contributed by atoms with van der Waals surface area (Å²) in [6, 6.07) is 18.5. The summed E-state index contributed by atoms with van der Waals surface area (Å²) < 4.78 is 5.81. The fraction of sp³-hybridized carbons (Fsp3) is 0.464. The molecule has 8 heteroatoms. The van der Waals surface area contributed by atoms with E-state index in [1.165, 1.54) is 0 Å². The maximum absolute atomic E-state index is 13.4. The number of carbonyl (C=O) groups is 3. The molecule has 0 aliphatic carbocycles. The van der Waals surface area contributed by atoms with Gasteiger partial charge in [0.05, 0.1) is 18.8 Å². The van der Waals surface area contributed by atoms with Crippen molar-refractivity contribution in [2.45, 2.75) is 64.3 Å². The average Bonchev–Trinajstić information content (AvgIpc) is 2.88. The Morgan fingerprint density at radius 1 is 1.06 bits per heavy atom. The van der Waals surface area contributed by atoms with Gasteiger partial charge in [-0.05, 0) is 44.4 Å². The first-order valence-electron chi connectivity index (χ1n) is 12.6. The van der Waals surface area contributed by atoms with Crippen LogP contribution in [-0.2, 0) is 25.7 Å². The third-order valence-electron chi connectivity index (χ3n) is 6.33. The normalized spacial score (nSPS) is 15.3. The van der Waals surface area contributed by atoms with E-state index in [9.17, 15) is 14.4 Å². The summed E-state index contributed by atoms with van der Waals surface area (Å²) in [6.45, 7) is 6.41. The van der Waals surface area contributed by atoms with Gasteiger partial charge >= 0.3 is 0 Å². The highest BCUT2D eigenvalue weighted by Crippen LogP contribution is 2.25. The molecule has 1 unspecified atom stereocenters. The Labute approximate surface area is 213 Å². The summed E-state index contributed by atoms with van der Waals surface area (Å²) in [6.07, 6.45) is 1.72. The average molecular weight is 495 g/mol. The summed E-state index contributed by atoms with van der Waals surface area (Å²) in [4.78, 5) is 42.4. The maximum atomic E-state index is 13.4. The van der Waals surface area contributed by atoms with Crippen LogP contribution in [0.3, 0.4) is 0 Å². The van der Waals surface area contributed by atoms with E-state index in [-0.39, 0.29) is 24.5 Å². The van der Waals surface area contributed by atoms with Gasteiger partial charge < -0.3 is 25.6 Å². The van der Waals surface area contributed by atoms with Crippen LogP contribution in [0.5, 0.6) is 0 Å². The summed E-state index contributed by atoms with van der Waals surface area (Å²) in [7, 11) is 0. The van der Waals surface area contributed by atoms with Crippen molar-refractivity contribution in [3.05, 3.63) is 66.2 Å². The Kier molecular flexibility index (Phi) is 9.61. The van der Waals surface area contributed by atoms with Crippen LogP contribution in [-0.4, -0.2) is 59.9 Å². The number of para-hydroxylation sites is 1. The quantitative estimate of drug-likeness (QED) is 0.529. The number of amides is 3. The molecule has 36 heavy (non-hydrogen) atoms. The van der Waals surface area contributed by atoms with Gasteiger partial charge in [0.1, 0.15) is 6.04 Å². The van der Waals surface area contributed by atoms with Crippen molar-refractivity contribution >= 4 is 23.4 Å². The van der Waals surface area contributed by atoms with E-state index in [4.69, 9.17) is 10.5 Å². The lowest BCUT2D eigenvalue weighted by atomic mass is 10.0. The van der Waals surface area contributed by atoms with Gasteiger partial charge in [0.15, 0.2) is 0 Å². The molecule has 194 valence electrons. The minimum atomic E-state index is -1.12. The zero-order valence-corrected chi connectivity index (χ0v) is 21.5. The highest BCUT2D eigenvalue weighted by molar-refractivity contribution is 5.94. The number of ether oxygens (including phenoxy) is 1. The lowest BCUT2D eigenvalue weighted by Crippen LogP contribution is -2.59. The number of rotatable bonds is 10. The molecule has 0 aromatic heterocycles. The van der Waals surface area contributed by atoms with E-state index in [0.717, 1.165) is 11.3 Å². The predicted octanol–water partition coefficient (Wildman–Crippen LogP) is 2.86. The zero-order valence-electron chi connectivity index (χ0n) is 21.5. The van der Waals surface area contributed by atoms with Crippen LogP contribution in [0.4, 0.5) is 5.69 Å². The first-order valence-corrected chi connectivity index (χ1v) is 12.6. The van der Waals surface area contributed by atoms with Gasteiger partial charge in [-0.15, -0.1) is 0 Å². The van der Waals surface area contributed by atoms with Gasteiger partial charge in [-0.2, -0.15) is 0 Å². The Bertz CT molecular complexity index is 999. The third kappa shape index (κ3) is 7.38. The minimum absolute atomic E-state index is 0.00856. The van der Waals surface area contributed by atoms with E-state index in [1.54, 1.807) is 18.7 Å². The van der Waals surface area contributed by atoms with E-state index in [2.05, 4.69) is 5.32 Å². The molecule has 0 radical (unpaired) electrons. The molecule has 1 fully saturated rings. The molecule has 2 aromatic rings. The van der Waals surface area contributed by atoms with Crippen LogP contribution < -0.4 is 16.0 Å². The first-order chi connectivity index (χ1) is 17.2. The van der Waals surface area contributed by atoms with E-state index in [1.807, 2.05) is 72.5 Å². The van der Waals surface area contributed by atoms with Crippen LogP contribution in [0.15, 0.2) is 60.7 Å². The second kappa shape index (κ2) is 12.6. The molecule has 1 aliphatic heterocycles. The SMILES string of the molecule is CCC(=O)N(c1ccccc1)C1CCN(C(=O)C(COCc2ccccc2)NC(=O)C(C)(C)N)CC1. The van der Waals surface area contributed by atoms with E-state index >= 15 is 0 Å². The number of likely N-dealkylation sites (tertiary alicyclic amines) is 1. The Morgan fingerprint density at radius 2 is 1.64 bits per heavy atom. The van der Waals surface area contributed by atoms with Crippen LogP contribution in [0.2, 0.25) is 0 Å². The summed E-state index contributed by atoms with van der Waals surface area (Å²) in [5.74, 6) is -0.550. The van der Waals surface area contributed by atoms with Crippen molar-refractivity contribution in [2.24, 2.45) is 5.73 Å². The molecule has 0 bridgehead atoms. The predicted molar refractivity (Wildman–Crippen MR) is 140 cm³/mol. The molecular weight excluding hydrogens is 456 g/mol. The smallest absolute Gasteiger partial charge is 0.247 e. The highest BCUT2D eigenvalue weighted by atomic mass is 16.5. The lowest BCUT2D eigenvalue weighted by molar-refractivity contribution is -0.140. The number of nitrogens with zero attached hydrogens (tertiary/aromatic N) is 2. The van der Waals surface area contributed by atoms with Crippen LogP contribution in [0.1, 0.15) is 45.6 Å². The van der Waals surface area contributed by atoms with Crippen LogP contribution in [0, 0.1) is 0 Å². The molecule has 1 saturated heterocycles. The Morgan fingerprint density at radius 3 is 2.19 bits per heavy atom. The fourth-order valence-corrected chi connectivity index (χ4v) is 4.27. The van der Waals surface area contributed by atoms with Gasteiger partial charge in [0, 0.05) is 31.2 Å². The molecule has 1 atom stereocenters. The first kappa shape index (κ1) is 27.4. The highest BCUT2D eigenvalue weighted by Gasteiger charge is 2.34. The van der Waals surface area contributed by atoms with Gasteiger partial charge in [0.25, 0.3) is 0 Å². The molecule has 0 saturated carbocycles. The van der Waals surface area contributed by atoms with Crippen molar-refractivity contribution in [2.75, 3.05) is 24.6 Å². The van der Waals surface area contributed by atoms with Gasteiger partial charge in [-0.1, -0.05) is 55.5 Å². The number of hydrogen-bond donors (Lipinski definition) is 2. The second-order valence-electron chi connectivity index (χ2n) is 9.76. The Balaban J connectivity index is 1.65. The van der Waals surface area contributed by atoms with Crippen molar-refractivity contribution in [1.29, 1.82) is 0 Å². The minimum Gasteiger partial charge on any atom is -0.374 e. The summed E-state index contributed by atoms with van der Waals surface area (Å²) >= 11 is 0. The number of piperidine rings is 1.